The van der Waals surface area contributed by atoms with Gasteiger partial charge in [-0.3, -0.25) is 0 Å². The molecule has 1 aliphatic rings. The van der Waals surface area contributed by atoms with Crippen molar-refractivity contribution in [2.45, 2.75) is 106 Å². The fourth-order valence-corrected chi connectivity index (χ4v) is 14.9. The van der Waals surface area contributed by atoms with Crippen LogP contribution >= 0.6 is 0 Å². The second-order valence-corrected chi connectivity index (χ2v) is 23.8. The van der Waals surface area contributed by atoms with E-state index in [4.69, 9.17) is 0 Å². The molecule has 0 fully saturated rings. The standard InChI is InChI=1S/C57H64Si/c1-38-39(2)41(4)54(40(38)3)58(51-20-14-17-45(35-51)42-23-29-48(30-24-42)55(5,6)7,52-21-15-18-46(36-52)43-25-31-49(32-26-43)56(8,9)10)53-22-16-19-47(37-53)44-27-33-50(34-28-44)57(11,12)13/h14-37,40H,1-13H3. The van der Waals surface area contributed by atoms with E-state index < -0.39 is 8.07 Å². The molecule has 0 heterocycles. The van der Waals surface area contributed by atoms with Gasteiger partial charge < -0.3 is 0 Å². The van der Waals surface area contributed by atoms with Gasteiger partial charge in [-0.25, -0.2) is 0 Å². The molecular formula is C57H64Si. The molecule has 0 radical (unpaired) electrons. The third-order valence-electron chi connectivity index (χ3n) is 13.2. The van der Waals surface area contributed by atoms with E-state index in [1.54, 1.807) is 5.20 Å². The van der Waals surface area contributed by atoms with E-state index in [0.717, 1.165) is 0 Å². The fourth-order valence-electron chi connectivity index (χ4n) is 9.22. The molecular weight excluding hydrogens is 713 g/mol. The van der Waals surface area contributed by atoms with Crippen LogP contribution in [0.1, 0.15) is 107 Å². The summed E-state index contributed by atoms with van der Waals surface area (Å²) in [7, 11) is -2.98. The Morgan fingerprint density at radius 3 is 0.897 bits per heavy atom. The van der Waals surface area contributed by atoms with Crippen LogP contribution in [-0.4, -0.2) is 8.07 Å². The van der Waals surface area contributed by atoms with Crippen molar-refractivity contribution in [3.8, 4) is 33.4 Å². The molecule has 1 aliphatic carbocycles. The van der Waals surface area contributed by atoms with Gasteiger partial charge in [0.05, 0.1) is 0 Å². The highest BCUT2D eigenvalue weighted by molar-refractivity contribution is 7.16. The van der Waals surface area contributed by atoms with Crippen LogP contribution in [0.4, 0.5) is 0 Å². The topological polar surface area (TPSA) is 0 Å². The summed E-state index contributed by atoms with van der Waals surface area (Å²) in [6, 6.07) is 56.7. The van der Waals surface area contributed by atoms with Crippen molar-refractivity contribution >= 4 is 23.6 Å². The summed E-state index contributed by atoms with van der Waals surface area (Å²) < 4.78 is 0. The maximum absolute atomic E-state index is 2.98. The largest absolute Gasteiger partial charge is 0.176 e. The molecule has 1 heteroatoms. The second-order valence-electron chi connectivity index (χ2n) is 20.0. The van der Waals surface area contributed by atoms with Crippen LogP contribution in [0, 0.1) is 5.92 Å². The Balaban J connectivity index is 1.53. The predicted octanol–water partition coefficient (Wildman–Crippen LogP) is 13.9. The molecule has 58 heavy (non-hydrogen) atoms. The van der Waals surface area contributed by atoms with Gasteiger partial charge in [0, 0.05) is 0 Å². The van der Waals surface area contributed by atoms with Crippen molar-refractivity contribution in [1.29, 1.82) is 0 Å². The molecule has 7 rings (SSSR count). The molecule has 0 aliphatic heterocycles. The Bertz CT molecular complexity index is 2260. The zero-order valence-corrected chi connectivity index (χ0v) is 38.4. The summed E-state index contributed by atoms with van der Waals surface area (Å²) in [4.78, 5) is 0. The van der Waals surface area contributed by atoms with E-state index in [1.807, 2.05) is 0 Å². The van der Waals surface area contributed by atoms with Gasteiger partial charge >= 0.3 is 0 Å². The second kappa shape index (κ2) is 15.3. The molecule has 1 atom stereocenters. The zero-order valence-electron chi connectivity index (χ0n) is 37.4. The van der Waals surface area contributed by atoms with Crippen molar-refractivity contribution in [3.05, 3.63) is 184 Å². The predicted molar refractivity (Wildman–Crippen MR) is 257 cm³/mol. The number of benzene rings is 6. The summed E-state index contributed by atoms with van der Waals surface area (Å²) in [5, 5.41) is 5.88. The molecule has 1 unspecified atom stereocenters. The first kappa shape index (κ1) is 41.2. The van der Waals surface area contributed by atoms with Crippen LogP contribution in [0.25, 0.3) is 33.4 Å². The Morgan fingerprint density at radius 2 is 0.655 bits per heavy atom. The number of hydrogen-bond donors (Lipinski definition) is 0. The first-order valence-electron chi connectivity index (χ1n) is 21.3. The van der Waals surface area contributed by atoms with Gasteiger partial charge in [0.1, 0.15) is 0 Å². The van der Waals surface area contributed by atoms with Crippen LogP contribution in [0.5, 0.6) is 0 Å². The van der Waals surface area contributed by atoms with E-state index in [9.17, 15) is 0 Å². The van der Waals surface area contributed by atoms with Gasteiger partial charge in [0.15, 0.2) is 8.07 Å². The zero-order chi connectivity index (χ0) is 41.8. The summed E-state index contributed by atoms with van der Waals surface area (Å²) in [5.41, 5.74) is 16.3. The minimum Gasteiger partial charge on any atom is -0.0636 e. The smallest absolute Gasteiger partial charge is 0.0636 e. The van der Waals surface area contributed by atoms with Crippen molar-refractivity contribution in [2.75, 3.05) is 0 Å². The van der Waals surface area contributed by atoms with Gasteiger partial charge in [-0.1, -0.05) is 231 Å². The van der Waals surface area contributed by atoms with Crippen molar-refractivity contribution in [1.82, 2.24) is 0 Å². The monoisotopic (exact) mass is 776 g/mol. The van der Waals surface area contributed by atoms with Crippen LogP contribution < -0.4 is 15.6 Å². The number of rotatable bonds is 7. The summed E-state index contributed by atoms with van der Waals surface area (Å²) in [6.45, 7) is 30.2. The van der Waals surface area contributed by atoms with Crippen LogP contribution in [0.2, 0.25) is 0 Å². The summed E-state index contributed by atoms with van der Waals surface area (Å²) >= 11 is 0. The van der Waals surface area contributed by atoms with E-state index in [0.29, 0.717) is 5.92 Å². The van der Waals surface area contributed by atoms with Gasteiger partial charge in [0.25, 0.3) is 0 Å². The highest BCUT2D eigenvalue weighted by atomic mass is 28.3. The van der Waals surface area contributed by atoms with Crippen LogP contribution in [0.3, 0.4) is 0 Å². The first-order chi connectivity index (χ1) is 27.3. The normalized spacial score (nSPS) is 15.4. The molecule has 0 saturated heterocycles. The van der Waals surface area contributed by atoms with Gasteiger partial charge in [-0.15, -0.1) is 0 Å². The van der Waals surface area contributed by atoms with Gasteiger partial charge in [0.2, 0.25) is 0 Å². The highest BCUT2D eigenvalue weighted by Crippen LogP contribution is 2.42. The molecule has 6 aromatic carbocycles. The van der Waals surface area contributed by atoms with Crippen molar-refractivity contribution < 1.29 is 0 Å². The van der Waals surface area contributed by atoms with Gasteiger partial charge in [-0.05, 0) is 114 Å². The molecule has 0 spiro atoms. The average molecular weight is 777 g/mol. The molecule has 0 aromatic heterocycles. The lowest BCUT2D eigenvalue weighted by atomic mass is 9.86. The molecule has 296 valence electrons. The van der Waals surface area contributed by atoms with Crippen LogP contribution in [0.15, 0.2) is 168 Å². The molecule has 0 bridgehead atoms. The minimum atomic E-state index is -2.98. The fraction of sp³-hybridized carbons (Fsp3) is 0.298. The summed E-state index contributed by atoms with van der Waals surface area (Å²) in [6.07, 6.45) is 0. The Morgan fingerprint density at radius 1 is 0.362 bits per heavy atom. The minimum absolute atomic E-state index is 0.101. The SMILES string of the molecule is CC1=C(C)C(C)C([Si](c2cccc(-c3ccc(C(C)(C)C)cc3)c2)(c2cccc(-c3ccc(C(C)(C)C)cc3)c2)c2cccc(-c3ccc(C(C)(C)C)cc3)c2)=C1C. The third-order valence-corrected chi connectivity index (χ3v) is 18.3. The highest BCUT2D eigenvalue weighted by Gasteiger charge is 2.48. The van der Waals surface area contributed by atoms with Crippen molar-refractivity contribution in [3.63, 3.8) is 0 Å². The quantitative estimate of drug-likeness (QED) is 0.112. The van der Waals surface area contributed by atoms with E-state index in [-0.39, 0.29) is 16.2 Å². The Labute approximate surface area is 351 Å². The molecule has 0 saturated carbocycles. The summed E-state index contributed by atoms with van der Waals surface area (Å²) in [5.74, 6) is 0.311. The average Bonchev–Trinajstić information content (AvgIpc) is 3.39. The maximum atomic E-state index is 2.55. The molecule has 6 aromatic rings. The molecule has 0 nitrogen and oxygen atoms in total. The first-order valence-corrected chi connectivity index (χ1v) is 23.3. The maximum Gasteiger partial charge on any atom is 0.176 e. The van der Waals surface area contributed by atoms with E-state index in [1.165, 1.54) is 82.4 Å². The van der Waals surface area contributed by atoms with Crippen molar-refractivity contribution in [2.24, 2.45) is 5.92 Å². The van der Waals surface area contributed by atoms with E-state index >= 15 is 0 Å². The molecule has 0 N–H and O–H groups in total. The lowest BCUT2D eigenvalue weighted by molar-refractivity contribution is 0.590. The Kier molecular flexibility index (Phi) is 10.9. The number of allylic oxidation sites excluding steroid dienone is 4. The van der Waals surface area contributed by atoms with E-state index in [2.05, 4.69) is 236 Å². The number of hydrogen-bond acceptors (Lipinski definition) is 0. The Hall–Kier alpha value is -4.98. The van der Waals surface area contributed by atoms with Crippen LogP contribution in [-0.2, 0) is 16.2 Å². The third kappa shape index (κ3) is 7.67. The lowest BCUT2D eigenvalue weighted by Gasteiger charge is -2.39. The lowest BCUT2D eigenvalue weighted by Crippen LogP contribution is -2.69. The molecule has 0 amide bonds. The van der Waals surface area contributed by atoms with Gasteiger partial charge in [-0.2, -0.15) is 0 Å².